The van der Waals surface area contributed by atoms with E-state index in [-0.39, 0.29) is 0 Å². The number of hydrogen-bond donors (Lipinski definition) is 0. The molecule has 2 bridgehead atoms. The van der Waals surface area contributed by atoms with Gasteiger partial charge < -0.3 is 0 Å². The van der Waals surface area contributed by atoms with E-state index in [2.05, 4.69) is 45.7 Å². The molecule has 0 saturated heterocycles. The summed E-state index contributed by atoms with van der Waals surface area (Å²) < 4.78 is 0.808. The van der Waals surface area contributed by atoms with Crippen molar-refractivity contribution < 1.29 is 0 Å². The highest BCUT2D eigenvalue weighted by Crippen LogP contribution is 2.68. The Bertz CT molecular complexity index is 243. The molecule has 0 aromatic carbocycles. The molecule has 2 aliphatic carbocycles. The van der Waals surface area contributed by atoms with Gasteiger partial charge in [-0.2, -0.15) is 0 Å². The fraction of sp³-hybridized carbons (Fsp3) is 0.923. The Hall–Kier alpha value is 0.304. The molecule has 0 nitrogen and oxygen atoms in total. The Morgan fingerprint density at radius 3 is 1.73 bits per heavy atom. The van der Waals surface area contributed by atoms with Gasteiger partial charge in [-0.3, -0.25) is 0 Å². The predicted octanol–water partition coefficient (Wildman–Crippen LogP) is 4.58. The van der Waals surface area contributed by atoms with E-state index < -0.39 is 16.1 Å². The van der Waals surface area contributed by atoms with Gasteiger partial charge in [0.1, 0.15) is 0 Å². The summed E-state index contributed by atoms with van der Waals surface area (Å²) in [6, 6.07) is 0. The fourth-order valence-electron chi connectivity index (χ4n) is 4.93. The maximum Gasteiger partial charge on any atom is 0.0990 e. The van der Waals surface area contributed by atoms with Crippen molar-refractivity contribution in [1.82, 2.24) is 0 Å². The van der Waals surface area contributed by atoms with Crippen molar-refractivity contribution in [2.75, 3.05) is 0 Å². The fourth-order valence-corrected chi connectivity index (χ4v) is 18.4. The molecule has 2 fully saturated rings. The number of rotatable bonds is 2. The van der Waals surface area contributed by atoms with Crippen molar-refractivity contribution in [3.8, 4) is 0 Å². The zero-order valence-electron chi connectivity index (χ0n) is 11.4. The van der Waals surface area contributed by atoms with Gasteiger partial charge in [0.2, 0.25) is 0 Å². The molecule has 2 saturated carbocycles. The molecule has 0 heterocycles. The van der Waals surface area contributed by atoms with Crippen LogP contribution in [0.4, 0.5) is 0 Å². The summed E-state index contributed by atoms with van der Waals surface area (Å²) in [6.45, 7) is 15.7. The predicted molar refractivity (Wildman–Crippen MR) is 74.5 cm³/mol. The first-order chi connectivity index (χ1) is 6.68. The van der Waals surface area contributed by atoms with Gasteiger partial charge >= 0.3 is 0 Å². The maximum absolute atomic E-state index is 2.70. The molecule has 0 spiro atoms. The van der Waals surface area contributed by atoms with Gasteiger partial charge in [0, 0.05) is 10.6 Å². The van der Waals surface area contributed by atoms with Gasteiger partial charge in [0.25, 0.3) is 0 Å². The first-order valence-electron chi connectivity index (χ1n) is 6.52. The van der Waals surface area contributed by atoms with E-state index in [0.717, 1.165) is 16.5 Å². The zero-order valence-corrected chi connectivity index (χ0v) is 13.4. The van der Waals surface area contributed by atoms with E-state index in [1.54, 1.807) is 6.42 Å². The lowest BCUT2D eigenvalue weighted by Gasteiger charge is -2.51. The van der Waals surface area contributed by atoms with Crippen LogP contribution in [-0.2, 0) is 0 Å². The Labute approximate surface area is 97.9 Å². The molecule has 15 heavy (non-hydrogen) atoms. The quantitative estimate of drug-likeness (QED) is 0.489. The van der Waals surface area contributed by atoms with Crippen LogP contribution >= 0.6 is 0 Å². The number of fused-ring (bicyclic) bond motifs is 2. The second-order valence-corrected chi connectivity index (χ2v) is 19.1. The molecule has 0 radical (unpaired) electrons. The summed E-state index contributed by atoms with van der Waals surface area (Å²) >= 11 is 0. The molecular formula is C13H27Si2+. The van der Waals surface area contributed by atoms with Gasteiger partial charge in [-0.15, -0.1) is 0 Å². The SMILES string of the molecule is C[Si](C)(C)C1([Si](C)(C)C)CC2C[CH+]C1C2. The van der Waals surface area contributed by atoms with Crippen molar-refractivity contribution in [2.24, 2.45) is 11.8 Å². The maximum atomic E-state index is 2.70. The van der Waals surface area contributed by atoms with E-state index in [1.807, 2.05) is 0 Å². The van der Waals surface area contributed by atoms with Crippen LogP contribution in [0, 0.1) is 18.3 Å². The Morgan fingerprint density at radius 2 is 1.53 bits per heavy atom. The van der Waals surface area contributed by atoms with Crippen molar-refractivity contribution >= 4 is 16.1 Å². The Balaban J connectivity index is 2.42. The summed E-state index contributed by atoms with van der Waals surface area (Å²) in [5, 5.41) is 0. The monoisotopic (exact) mass is 239 g/mol. The molecule has 2 atom stereocenters. The lowest BCUT2D eigenvalue weighted by Crippen LogP contribution is -2.57. The van der Waals surface area contributed by atoms with E-state index in [4.69, 9.17) is 0 Å². The minimum Gasteiger partial charge on any atom is -0.0692 e. The minimum absolute atomic E-state index is 0.808. The highest BCUT2D eigenvalue weighted by Gasteiger charge is 2.67. The topological polar surface area (TPSA) is 0 Å². The second-order valence-electron chi connectivity index (χ2n) is 7.86. The Kier molecular flexibility index (Phi) is 2.48. The third kappa shape index (κ3) is 1.48. The van der Waals surface area contributed by atoms with Crippen LogP contribution in [0.2, 0.25) is 43.9 Å². The van der Waals surface area contributed by atoms with Gasteiger partial charge in [-0.25, -0.2) is 0 Å². The number of hydrogen-bond acceptors (Lipinski definition) is 0. The first kappa shape index (κ1) is 11.8. The summed E-state index contributed by atoms with van der Waals surface area (Å²) in [6.07, 6.45) is 7.25. The molecule has 0 amide bonds. The molecule has 86 valence electrons. The van der Waals surface area contributed by atoms with E-state index in [9.17, 15) is 0 Å². The molecule has 0 aromatic rings. The molecule has 2 rings (SSSR count). The first-order valence-corrected chi connectivity index (χ1v) is 13.5. The van der Waals surface area contributed by atoms with Crippen molar-refractivity contribution in [3.05, 3.63) is 6.42 Å². The molecule has 2 heteroatoms. The Morgan fingerprint density at radius 1 is 1.00 bits per heavy atom. The average Bonchev–Trinajstić information content (AvgIpc) is 2.57. The standard InChI is InChI=1S/C13H27Si2/c1-14(2,3)13(15(4,5)6)10-11-7-8-12(13)9-11/h8,11-12H,7,9-10H2,1-6H3/q+1. The third-order valence-electron chi connectivity index (χ3n) is 5.26. The minimum atomic E-state index is -1.03. The highest BCUT2D eigenvalue weighted by molar-refractivity contribution is 6.98. The van der Waals surface area contributed by atoms with Crippen LogP contribution in [0.1, 0.15) is 19.3 Å². The molecule has 0 N–H and O–H groups in total. The average molecular weight is 240 g/mol. The molecule has 2 unspecified atom stereocenters. The molecule has 0 aromatic heterocycles. The van der Waals surface area contributed by atoms with Crippen LogP contribution < -0.4 is 0 Å². The zero-order chi connectivity index (χ0) is 11.5. The summed E-state index contributed by atoms with van der Waals surface area (Å²) in [7, 11) is -2.07. The smallest absolute Gasteiger partial charge is 0.0692 e. The summed E-state index contributed by atoms with van der Waals surface area (Å²) in [5.41, 5.74) is 0. The second kappa shape index (κ2) is 3.16. The third-order valence-corrected chi connectivity index (χ3v) is 16.3. The highest BCUT2D eigenvalue weighted by atomic mass is 28.4. The lowest BCUT2D eigenvalue weighted by molar-refractivity contribution is 0.495. The van der Waals surface area contributed by atoms with Gasteiger partial charge in [-0.05, 0) is 12.8 Å². The summed E-state index contributed by atoms with van der Waals surface area (Å²) in [4.78, 5) is 0. The van der Waals surface area contributed by atoms with Crippen molar-refractivity contribution in [1.29, 1.82) is 0 Å². The van der Waals surface area contributed by atoms with E-state index >= 15 is 0 Å². The normalized spacial score (nSPS) is 34.3. The summed E-state index contributed by atoms with van der Waals surface area (Å²) in [5.74, 6) is 2.06. The van der Waals surface area contributed by atoms with E-state index in [1.165, 1.54) is 12.8 Å². The van der Waals surface area contributed by atoms with Gasteiger partial charge in [0.15, 0.2) is 0 Å². The van der Waals surface area contributed by atoms with E-state index in [0.29, 0.717) is 0 Å². The van der Waals surface area contributed by atoms with Crippen LogP contribution in [0.3, 0.4) is 0 Å². The van der Waals surface area contributed by atoms with Crippen LogP contribution in [0.5, 0.6) is 0 Å². The van der Waals surface area contributed by atoms with Gasteiger partial charge in [0.05, 0.1) is 34.9 Å². The molecular weight excluding hydrogens is 212 g/mol. The lowest BCUT2D eigenvalue weighted by atomic mass is 9.99. The van der Waals surface area contributed by atoms with Crippen LogP contribution in [0.25, 0.3) is 0 Å². The largest absolute Gasteiger partial charge is 0.0990 e. The van der Waals surface area contributed by atoms with Crippen molar-refractivity contribution in [2.45, 2.75) is 63.2 Å². The van der Waals surface area contributed by atoms with Gasteiger partial charge in [-0.1, -0.05) is 39.3 Å². The molecule has 0 aliphatic heterocycles. The van der Waals surface area contributed by atoms with Crippen LogP contribution in [-0.4, -0.2) is 16.1 Å². The van der Waals surface area contributed by atoms with Crippen molar-refractivity contribution in [3.63, 3.8) is 0 Å². The molecule has 2 aliphatic rings. The van der Waals surface area contributed by atoms with Crippen LogP contribution in [0.15, 0.2) is 0 Å².